The molecule has 8 rings (SSSR count). The van der Waals surface area contributed by atoms with Crippen LogP contribution in [0.15, 0.2) is 218 Å². The van der Waals surface area contributed by atoms with Gasteiger partial charge in [-0.25, -0.2) is 0 Å². The highest BCUT2D eigenvalue weighted by Gasteiger charge is 2.17. The van der Waals surface area contributed by atoms with Crippen molar-refractivity contribution in [1.82, 2.24) is 0 Å². The second-order valence-electron chi connectivity index (χ2n) is 11.9. The second-order valence-corrected chi connectivity index (χ2v) is 11.9. The third kappa shape index (κ3) is 6.43. The Morgan fingerprint density at radius 1 is 0.260 bits per heavy atom. The summed E-state index contributed by atoms with van der Waals surface area (Å²) in [5.41, 5.74) is 9.80. The van der Waals surface area contributed by atoms with E-state index in [1.807, 2.05) is 133 Å². The Morgan fingerprint density at radius 3 is 1.06 bits per heavy atom. The standard InChI is InChI=1S/C48H36N2/c1-5-15-41(16-6-1)47-23-13-14-24-48(47)50(44-21-11-4-12-22-44)46-35-31-40(32-36-46)38-27-25-37(26-28-38)39-29-33-45(34-30-39)49(42-17-7-2-8-18-42)43-19-9-3-10-20-43/h1-36H/i25D,26D,27D,28D. The minimum Gasteiger partial charge on any atom is -0.311 e. The number of anilines is 6. The lowest BCUT2D eigenvalue weighted by Crippen LogP contribution is -2.11. The first-order chi connectivity index (χ1) is 26.5. The number of rotatable bonds is 9. The fraction of sp³-hybridized carbons (Fsp3) is 0. The van der Waals surface area contributed by atoms with E-state index >= 15 is 0 Å². The molecule has 238 valence electrons. The van der Waals surface area contributed by atoms with Gasteiger partial charge in [-0.1, -0.05) is 152 Å². The molecule has 0 N–H and O–H groups in total. The van der Waals surface area contributed by atoms with Crippen LogP contribution in [0.3, 0.4) is 0 Å². The molecule has 0 spiro atoms. The third-order valence-corrected chi connectivity index (χ3v) is 8.73. The fourth-order valence-electron chi connectivity index (χ4n) is 6.29. The summed E-state index contributed by atoms with van der Waals surface area (Å²) in [4.78, 5) is 4.34. The van der Waals surface area contributed by atoms with Crippen LogP contribution in [0.1, 0.15) is 5.48 Å². The SMILES string of the molecule is [2H]c1c([2H])c(-c2ccc(N(c3ccccc3)c3ccccc3-c3ccccc3)cc2)c([2H])c([2H])c1-c1ccc(N(c2ccccc2)c2ccccc2)cc1. The van der Waals surface area contributed by atoms with Crippen LogP contribution in [0, 0.1) is 0 Å². The summed E-state index contributed by atoms with van der Waals surface area (Å²) < 4.78 is 36.4. The van der Waals surface area contributed by atoms with Crippen molar-refractivity contribution in [1.29, 1.82) is 0 Å². The molecule has 0 unspecified atom stereocenters. The van der Waals surface area contributed by atoms with Gasteiger partial charge in [0, 0.05) is 34.0 Å². The Bertz CT molecular complexity index is 2440. The summed E-state index contributed by atoms with van der Waals surface area (Å²) >= 11 is 0. The summed E-state index contributed by atoms with van der Waals surface area (Å²) in [7, 11) is 0. The molecule has 0 heterocycles. The number of hydrogen-bond acceptors (Lipinski definition) is 2. The highest BCUT2D eigenvalue weighted by Crippen LogP contribution is 2.41. The van der Waals surface area contributed by atoms with Crippen molar-refractivity contribution in [2.24, 2.45) is 0 Å². The second kappa shape index (κ2) is 14.2. The maximum Gasteiger partial charge on any atom is 0.0629 e. The van der Waals surface area contributed by atoms with Gasteiger partial charge in [0.05, 0.1) is 11.2 Å². The quantitative estimate of drug-likeness (QED) is 0.154. The van der Waals surface area contributed by atoms with E-state index in [2.05, 4.69) is 70.5 Å². The van der Waals surface area contributed by atoms with Crippen molar-refractivity contribution in [3.05, 3.63) is 218 Å². The Morgan fingerprint density at radius 2 is 0.600 bits per heavy atom. The van der Waals surface area contributed by atoms with E-state index < -0.39 is 0 Å². The predicted octanol–water partition coefficient (Wildman–Crippen LogP) is 13.6. The van der Waals surface area contributed by atoms with E-state index in [9.17, 15) is 0 Å². The number of hydrogen-bond donors (Lipinski definition) is 0. The van der Waals surface area contributed by atoms with E-state index in [1.165, 1.54) is 0 Å². The normalized spacial score (nSPS) is 11.9. The molecule has 0 aliphatic heterocycles. The Balaban J connectivity index is 1.15. The molecule has 0 atom stereocenters. The minimum atomic E-state index is -0.0765. The maximum atomic E-state index is 9.12. The topological polar surface area (TPSA) is 6.48 Å². The van der Waals surface area contributed by atoms with E-state index in [-0.39, 0.29) is 35.3 Å². The van der Waals surface area contributed by atoms with Gasteiger partial charge >= 0.3 is 0 Å². The summed E-state index contributed by atoms with van der Waals surface area (Å²) in [5, 5.41) is 0. The minimum absolute atomic E-state index is 0.0755. The molecule has 0 fully saturated rings. The van der Waals surface area contributed by atoms with Crippen molar-refractivity contribution in [2.75, 3.05) is 9.80 Å². The van der Waals surface area contributed by atoms with Gasteiger partial charge in [-0.05, 0) is 94.5 Å². The Kier molecular flexibility index (Phi) is 7.49. The van der Waals surface area contributed by atoms with Crippen LogP contribution >= 0.6 is 0 Å². The van der Waals surface area contributed by atoms with E-state index in [4.69, 9.17) is 5.48 Å². The molecule has 8 aromatic carbocycles. The van der Waals surface area contributed by atoms with Crippen LogP contribution in [0.5, 0.6) is 0 Å². The molecular formula is C48H36N2. The molecule has 0 aliphatic carbocycles. The molecule has 2 nitrogen and oxygen atoms in total. The van der Waals surface area contributed by atoms with Gasteiger partial charge in [0.1, 0.15) is 0 Å². The zero-order valence-electron chi connectivity index (χ0n) is 31.4. The number of nitrogens with zero attached hydrogens (tertiary/aromatic N) is 2. The summed E-state index contributed by atoms with van der Waals surface area (Å²) in [6.45, 7) is 0. The molecule has 50 heavy (non-hydrogen) atoms. The highest BCUT2D eigenvalue weighted by atomic mass is 15.1. The third-order valence-electron chi connectivity index (χ3n) is 8.73. The van der Waals surface area contributed by atoms with Crippen molar-refractivity contribution in [2.45, 2.75) is 0 Å². The molecular weight excluding hydrogens is 605 g/mol. The van der Waals surface area contributed by atoms with Gasteiger partial charge in [0.25, 0.3) is 0 Å². The molecule has 0 saturated heterocycles. The van der Waals surface area contributed by atoms with Gasteiger partial charge in [-0.2, -0.15) is 0 Å². The molecule has 0 saturated carbocycles. The summed E-state index contributed by atoms with van der Waals surface area (Å²) in [6.07, 6.45) is 0. The molecule has 0 aliphatic rings. The maximum absolute atomic E-state index is 9.12. The van der Waals surface area contributed by atoms with Crippen molar-refractivity contribution < 1.29 is 5.48 Å². The molecule has 2 heteroatoms. The lowest BCUT2D eigenvalue weighted by molar-refractivity contribution is 1.28. The molecule has 0 bridgehead atoms. The fourth-order valence-corrected chi connectivity index (χ4v) is 6.29. The monoisotopic (exact) mass is 644 g/mol. The average molecular weight is 645 g/mol. The molecule has 0 radical (unpaired) electrons. The first-order valence-electron chi connectivity index (χ1n) is 18.7. The van der Waals surface area contributed by atoms with Crippen molar-refractivity contribution in [3.63, 3.8) is 0 Å². The van der Waals surface area contributed by atoms with E-state index in [0.29, 0.717) is 11.1 Å². The van der Waals surface area contributed by atoms with Crippen LogP contribution in [0.25, 0.3) is 33.4 Å². The highest BCUT2D eigenvalue weighted by molar-refractivity contribution is 5.88. The first-order valence-corrected chi connectivity index (χ1v) is 16.7. The van der Waals surface area contributed by atoms with Crippen LogP contribution in [0.2, 0.25) is 0 Å². The number of para-hydroxylation sites is 4. The van der Waals surface area contributed by atoms with Crippen molar-refractivity contribution >= 4 is 34.1 Å². The zero-order valence-corrected chi connectivity index (χ0v) is 27.4. The Labute approximate surface area is 300 Å². The van der Waals surface area contributed by atoms with Crippen LogP contribution in [0.4, 0.5) is 34.1 Å². The molecule has 8 aromatic rings. The molecule has 0 amide bonds. The molecule has 0 aromatic heterocycles. The smallest absolute Gasteiger partial charge is 0.0629 e. The van der Waals surface area contributed by atoms with Crippen LogP contribution in [-0.4, -0.2) is 0 Å². The average Bonchev–Trinajstić information content (AvgIpc) is 3.23. The largest absolute Gasteiger partial charge is 0.311 e. The van der Waals surface area contributed by atoms with E-state index in [1.54, 1.807) is 0 Å². The van der Waals surface area contributed by atoms with Gasteiger partial charge in [0.2, 0.25) is 0 Å². The predicted molar refractivity (Wildman–Crippen MR) is 212 cm³/mol. The van der Waals surface area contributed by atoms with E-state index in [0.717, 1.165) is 45.3 Å². The Hall–Kier alpha value is -6.64. The van der Waals surface area contributed by atoms with Crippen LogP contribution in [-0.2, 0) is 0 Å². The van der Waals surface area contributed by atoms with Gasteiger partial charge < -0.3 is 9.80 Å². The van der Waals surface area contributed by atoms with Gasteiger partial charge in [-0.15, -0.1) is 0 Å². The zero-order chi connectivity index (χ0) is 37.0. The number of benzene rings is 8. The van der Waals surface area contributed by atoms with Gasteiger partial charge in [-0.3, -0.25) is 0 Å². The lowest BCUT2D eigenvalue weighted by Gasteiger charge is -2.28. The first kappa shape index (κ1) is 26.3. The van der Waals surface area contributed by atoms with Gasteiger partial charge in [0.15, 0.2) is 0 Å². The lowest BCUT2D eigenvalue weighted by atomic mass is 9.99. The summed E-state index contributed by atoms with van der Waals surface area (Å²) in [5.74, 6) is 0. The van der Waals surface area contributed by atoms with Crippen molar-refractivity contribution in [3.8, 4) is 33.4 Å². The van der Waals surface area contributed by atoms with Crippen LogP contribution < -0.4 is 9.80 Å². The summed E-state index contributed by atoms with van der Waals surface area (Å²) in [6, 6.07) is 64.1.